The molecular weight excluding hydrogens is 1620 g/mol. The summed E-state index contributed by atoms with van der Waals surface area (Å²) in [4.78, 5) is 143. The van der Waals surface area contributed by atoms with E-state index in [2.05, 4.69) is 72.6 Å². The minimum absolute atomic E-state index is 0.00117. The lowest BCUT2D eigenvalue weighted by Gasteiger charge is -2.34. The second kappa shape index (κ2) is 46.4. The molecule has 3 aliphatic heterocycles. The zero-order valence-electron chi connectivity index (χ0n) is 69.8. The summed E-state index contributed by atoms with van der Waals surface area (Å²) >= 11 is 7.73. The molecule has 11 N–H and O–H groups in total. The number of carbonyl (C=O) groups is 9. The molecule has 0 spiro atoms. The predicted molar refractivity (Wildman–Crippen MR) is 458 cm³/mol. The lowest BCUT2D eigenvalue weighted by atomic mass is 9.99. The van der Waals surface area contributed by atoms with Crippen molar-refractivity contribution in [3.8, 4) is 5.75 Å². The number of ether oxygens (including phenoxy) is 7. The molecule has 656 valence electrons. The van der Waals surface area contributed by atoms with E-state index in [-0.39, 0.29) is 129 Å². The first-order chi connectivity index (χ1) is 58.7. The summed E-state index contributed by atoms with van der Waals surface area (Å²) in [5.41, 5.74) is 4.77. The molecule has 5 aromatic heterocycles. The number of hydrogen-bond acceptors (Lipinski definition) is 26. The molecule has 0 radical (unpaired) electrons. The van der Waals surface area contributed by atoms with Crippen LogP contribution in [-0.2, 0) is 80.6 Å². The standard InChI is InChI=1S/C81H108ClN23O16S/c1-52-53(2)122-81-70(52)71(55-9-11-56(82)12-10-55)93-61(72(84)105(81)54(3)83)47-69(109)90-57-13-15-60(16-14-57)121-44-43-120-42-41-119-40-37-117-34-31-104-28-26-103(27-29-104)30-33-116-36-39-118-38-35-115-32-24-85-66(106)17-20-89-78(112)74-96-64(50-101(74)7)94-67(107)18-21-88-77(111)63-46-59(49-100(63)6)92-80(114)75-97-65(51-102(75)8)95-68(108)19-22-87-76(110)62-45-58(48-99(62)5)91-79(113)73-86-23-25-98(73)4/h9-16,23,25,45-46,48,50-51,59,61,83-84H,17-22,24,26-44,47,49H2,1-8H3,(H,85,106)(H,87,110)(H,88,111)(H,89,112)(H,90,109)(H,91,113)(H,92,114)(H,94,107)(H,95,108)/t59?,61-/m0/s1. The fraction of sp³-hybridized carbons (Fsp3) is 0.469. The Morgan fingerprint density at radius 2 is 1.09 bits per heavy atom. The number of piperazine rings is 1. The number of carbonyl (C=O) groups excluding carboxylic acids is 9. The summed E-state index contributed by atoms with van der Waals surface area (Å²) < 4.78 is 46.1. The summed E-state index contributed by atoms with van der Waals surface area (Å²) in [6, 6.07) is 14.4. The average molecular weight is 1730 g/mol. The van der Waals surface area contributed by atoms with Crippen molar-refractivity contribution < 1.29 is 76.3 Å². The van der Waals surface area contributed by atoms with E-state index in [0.717, 1.165) is 65.8 Å². The Morgan fingerprint density at radius 1 is 0.549 bits per heavy atom. The summed E-state index contributed by atoms with van der Waals surface area (Å²) in [5.74, 6) is -2.86. The summed E-state index contributed by atoms with van der Waals surface area (Å²) in [7, 11) is 8.16. The van der Waals surface area contributed by atoms with Crippen molar-refractivity contribution in [1.82, 2.24) is 74.5 Å². The van der Waals surface area contributed by atoms with Crippen molar-refractivity contribution in [2.45, 2.75) is 58.5 Å². The van der Waals surface area contributed by atoms with Crippen LogP contribution in [0.25, 0.3) is 0 Å². The Hall–Kier alpha value is -11.6. The Labute approximate surface area is 715 Å². The molecule has 9 amide bonds. The molecule has 39 nitrogen and oxygen atoms in total. The molecule has 8 heterocycles. The Balaban J connectivity index is 0.475. The number of hydrogen-bond donors (Lipinski definition) is 11. The number of halogens is 1. The van der Waals surface area contributed by atoms with Gasteiger partial charge in [0, 0.05) is 184 Å². The van der Waals surface area contributed by atoms with Crippen molar-refractivity contribution in [1.29, 1.82) is 10.8 Å². The third-order valence-electron chi connectivity index (χ3n) is 19.7. The van der Waals surface area contributed by atoms with Gasteiger partial charge < -0.3 is 104 Å². The number of likely N-dealkylation sites (N-methyl/N-ethyl adjacent to an activating group) is 1. The molecule has 0 bridgehead atoms. The van der Waals surface area contributed by atoms with E-state index in [4.69, 9.17) is 55.2 Å². The van der Waals surface area contributed by atoms with Gasteiger partial charge in [0.15, 0.2) is 17.5 Å². The normalized spacial score (nSPS) is 14.7. The Kier molecular flexibility index (Phi) is 35.3. The largest absolute Gasteiger partial charge is 0.491 e. The molecule has 1 saturated heterocycles. The van der Waals surface area contributed by atoms with Crippen molar-refractivity contribution in [2.75, 3.05) is 191 Å². The van der Waals surface area contributed by atoms with E-state index in [1.807, 2.05) is 26.0 Å². The van der Waals surface area contributed by atoms with E-state index < -0.39 is 53.4 Å². The maximum absolute atomic E-state index is 13.5. The van der Waals surface area contributed by atoms with Gasteiger partial charge in [0.2, 0.25) is 35.3 Å². The lowest BCUT2D eigenvalue weighted by Crippen LogP contribution is -2.48. The van der Waals surface area contributed by atoms with E-state index in [9.17, 15) is 48.6 Å². The first-order valence-electron chi connectivity index (χ1n) is 40.0. The maximum Gasteiger partial charge on any atom is 0.291 e. The maximum atomic E-state index is 13.5. The predicted octanol–water partition coefficient (Wildman–Crippen LogP) is 3.70. The molecule has 1 unspecified atom stereocenters. The van der Waals surface area contributed by atoms with Crippen LogP contribution < -0.4 is 57.5 Å². The molecule has 0 saturated carbocycles. The van der Waals surface area contributed by atoms with Crippen LogP contribution in [0, 0.1) is 24.7 Å². The highest BCUT2D eigenvalue weighted by Crippen LogP contribution is 2.40. The minimum atomic E-state index is -0.853. The fourth-order valence-electron chi connectivity index (χ4n) is 13.2. The number of aromatic nitrogens is 7. The smallest absolute Gasteiger partial charge is 0.291 e. The van der Waals surface area contributed by atoms with Crippen LogP contribution in [0.1, 0.15) is 96.5 Å². The first kappa shape index (κ1) is 92.7. The molecule has 122 heavy (non-hydrogen) atoms. The number of fused-ring (bicyclic) bond motifs is 1. The van der Waals surface area contributed by atoms with Crippen LogP contribution in [-0.4, -0.2) is 295 Å². The number of amides is 9. The van der Waals surface area contributed by atoms with Crippen LogP contribution >= 0.6 is 22.9 Å². The highest BCUT2D eigenvalue weighted by Gasteiger charge is 2.36. The number of rotatable bonds is 47. The van der Waals surface area contributed by atoms with Crippen LogP contribution in [0.3, 0.4) is 0 Å². The van der Waals surface area contributed by atoms with E-state index in [0.29, 0.717) is 107 Å². The second-order valence-electron chi connectivity index (χ2n) is 28.9. The molecular formula is C81H108ClN23O16S. The van der Waals surface area contributed by atoms with Crippen molar-refractivity contribution in [3.63, 3.8) is 0 Å². The Morgan fingerprint density at radius 3 is 1.66 bits per heavy atom. The topological polar surface area (TPSA) is 458 Å². The molecule has 1 fully saturated rings. The van der Waals surface area contributed by atoms with E-state index in [1.54, 1.807) is 111 Å². The van der Waals surface area contributed by atoms with Crippen molar-refractivity contribution >= 4 is 121 Å². The quantitative estimate of drug-likeness (QED) is 0.0147. The third kappa shape index (κ3) is 27.7. The number of amidine groups is 2. The third-order valence-corrected chi connectivity index (χ3v) is 21.1. The van der Waals surface area contributed by atoms with Gasteiger partial charge >= 0.3 is 0 Å². The van der Waals surface area contributed by atoms with Gasteiger partial charge in [-0.15, -0.1) is 11.3 Å². The second-order valence-corrected chi connectivity index (χ2v) is 30.5. The number of thiophene rings is 1. The first-order valence-corrected chi connectivity index (χ1v) is 41.2. The van der Waals surface area contributed by atoms with Gasteiger partial charge in [-0.05, 0) is 74.9 Å². The van der Waals surface area contributed by atoms with E-state index in [1.165, 1.54) is 49.7 Å². The summed E-state index contributed by atoms with van der Waals surface area (Å²) in [5, 5.41) is 43.6. The zero-order valence-corrected chi connectivity index (χ0v) is 71.4. The van der Waals surface area contributed by atoms with Crippen LogP contribution in [0.5, 0.6) is 5.75 Å². The van der Waals surface area contributed by atoms with E-state index >= 15 is 0 Å². The Bertz CT molecular complexity index is 4860. The summed E-state index contributed by atoms with van der Waals surface area (Å²) in [6.07, 6.45) is 8.86. The molecule has 2 aromatic carbocycles. The molecule has 41 heteroatoms. The average Bonchev–Trinajstić information content (AvgIpc) is 1.60. The number of aliphatic imine (C=N–C) groups is 1. The summed E-state index contributed by atoms with van der Waals surface area (Å²) in [6.45, 7) is 17.2. The zero-order chi connectivity index (χ0) is 87.2. The fourth-order valence-corrected chi connectivity index (χ4v) is 14.5. The van der Waals surface area contributed by atoms with Gasteiger partial charge in [0.05, 0.1) is 103 Å². The monoisotopic (exact) mass is 1730 g/mol. The van der Waals surface area contributed by atoms with Gasteiger partial charge in [0.1, 0.15) is 46.5 Å². The number of aryl methyl sites for hydroxylation is 5. The van der Waals surface area contributed by atoms with Crippen molar-refractivity contribution in [2.24, 2.45) is 33.2 Å². The van der Waals surface area contributed by atoms with Gasteiger partial charge in [-0.1, -0.05) is 23.7 Å². The van der Waals surface area contributed by atoms with Gasteiger partial charge in [-0.25, -0.2) is 15.0 Å². The number of nitrogens with one attached hydrogen (secondary N) is 11. The van der Waals surface area contributed by atoms with Crippen LogP contribution in [0.15, 0.2) is 102 Å². The number of imidazole rings is 3. The number of benzene rings is 2. The molecule has 2 atom stereocenters. The molecule has 7 aromatic rings. The highest BCUT2D eigenvalue weighted by molar-refractivity contribution is 7.17. The number of anilines is 5. The molecule has 10 rings (SSSR count). The lowest BCUT2D eigenvalue weighted by molar-refractivity contribution is -0.121. The molecule has 0 aliphatic carbocycles. The SMILES string of the molecule is CC(=N)N1C(=N)[C@H](CC(=O)Nc2ccc(OCCOCCOCCOCCN3CCN(CCOCCOCCOCCNC(=O)CCNC(=O)c4nc(NC(=O)CCNC(=O)C5=CC(NC(=O)c6nc(NC(=O)CCNC(=O)c7cc(NC(=O)c8nccn8C)cn7C)cn6C)CN5C)cn4C)CC3)cc2)N=C(c2ccc(Cl)cc2)c2c1sc(C)c2C. The van der Waals surface area contributed by atoms with Crippen LogP contribution in [0.4, 0.5) is 28.0 Å². The minimum Gasteiger partial charge on any atom is -0.491 e. The molecule has 3 aliphatic rings. The van der Waals surface area contributed by atoms with Gasteiger partial charge in [-0.3, -0.25) is 73.7 Å². The van der Waals surface area contributed by atoms with Crippen LogP contribution in [0.2, 0.25) is 5.02 Å². The van der Waals surface area contributed by atoms with Crippen molar-refractivity contribution in [3.05, 3.63) is 147 Å². The highest BCUT2D eigenvalue weighted by atomic mass is 35.5. The van der Waals surface area contributed by atoms with Gasteiger partial charge in [-0.2, -0.15) is 0 Å². The number of nitrogens with zero attached hydrogens (tertiary/aromatic N) is 12. The van der Waals surface area contributed by atoms with Gasteiger partial charge in [0.25, 0.3) is 29.5 Å².